The van der Waals surface area contributed by atoms with Gasteiger partial charge in [0.1, 0.15) is 0 Å². The summed E-state index contributed by atoms with van der Waals surface area (Å²) in [5.41, 5.74) is 2.07. The van der Waals surface area contributed by atoms with Gasteiger partial charge >= 0.3 is 0 Å². The van der Waals surface area contributed by atoms with E-state index in [2.05, 4.69) is 0 Å². The van der Waals surface area contributed by atoms with E-state index in [4.69, 9.17) is 11.6 Å². The lowest BCUT2D eigenvalue weighted by molar-refractivity contribution is 0.0375. The summed E-state index contributed by atoms with van der Waals surface area (Å²) < 4.78 is 0. The number of thiophene rings is 1. The van der Waals surface area contributed by atoms with Crippen molar-refractivity contribution in [1.82, 2.24) is 9.80 Å². The first kappa shape index (κ1) is 16.5. The Morgan fingerprint density at radius 2 is 1.81 bits per heavy atom. The Morgan fingerprint density at radius 1 is 1.04 bits per heavy atom. The molecule has 2 aromatic carbocycles. The molecule has 2 aliphatic rings. The minimum Gasteiger partial charge on any atom is -0.306 e. The molecule has 27 heavy (non-hydrogen) atoms. The van der Waals surface area contributed by atoms with Gasteiger partial charge in [0.2, 0.25) is 0 Å². The molecule has 1 saturated heterocycles. The lowest BCUT2D eigenvalue weighted by Crippen LogP contribution is -2.51. The molecule has 3 heterocycles. The van der Waals surface area contributed by atoms with Crippen LogP contribution in [0.2, 0.25) is 5.02 Å². The van der Waals surface area contributed by atoms with Crippen LogP contribution in [0.25, 0.3) is 0 Å². The van der Waals surface area contributed by atoms with E-state index < -0.39 is 5.66 Å². The number of halogens is 1. The highest BCUT2D eigenvalue weighted by Gasteiger charge is 2.59. The quantitative estimate of drug-likeness (QED) is 0.653. The molecule has 134 valence electrons. The fourth-order valence-electron chi connectivity index (χ4n) is 4.27. The number of benzene rings is 2. The highest BCUT2D eigenvalue weighted by Crippen LogP contribution is 2.50. The Morgan fingerprint density at radius 3 is 2.56 bits per heavy atom. The van der Waals surface area contributed by atoms with Crippen molar-refractivity contribution in [3.05, 3.63) is 92.6 Å². The van der Waals surface area contributed by atoms with E-state index in [1.807, 2.05) is 63.0 Å². The Labute approximate surface area is 165 Å². The summed E-state index contributed by atoms with van der Waals surface area (Å²) in [5, 5.41) is 4.36. The maximum absolute atomic E-state index is 13.4. The Balaban J connectivity index is 1.78. The summed E-state index contributed by atoms with van der Waals surface area (Å²) in [6.45, 7) is 0.976. The number of amides is 2. The summed E-state index contributed by atoms with van der Waals surface area (Å²) in [5.74, 6) is -0.112. The molecule has 2 amide bonds. The molecule has 0 N–H and O–H groups in total. The molecule has 0 saturated carbocycles. The molecule has 2 aliphatic heterocycles. The van der Waals surface area contributed by atoms with E-state index in [1.54, 1.807) is 12.1 Å². The van der Waals surface area contributed by atoms with Crippen molar-refractivity contribution in [2.75, 3.05) is 13.1 Å². The van der Waals surface area contributed by atoms with Crippen molar-refractivity contribution < 1.29 is 9.59 Å². The predicted octanol–water partition coefficient (Wildman–Crippen LogP) is 4.21. The lowest BCUT2D eigenvalue weighted by Gasteiger charge is -2.40. The molecule has 1 aromatic heterocycles. The minimum atomic E-state index is -0.933. The summed E-state index contributed by atoms with van der Waals surface area (Å²) in [7, 11) is 0. The molecule has 3 aromatic rings. The van der Waals surface area contributed by atoms with Crippen molar-refractivity contribution in [3.63, 3.8) is 0 Å². The van der Waals surface area contributed by atoms with Crippen LogP contribution in [0, 0.1) is 0 Å². The third-order valence-corrected chi connectivity index (χ3v) is 6.30. The molecule has 1 fully saturated rings. The van der Waals surface area contributed by atoms with E-state index in [-0.39, 0.29) is 11.8 Å². The van der Waals surface area contributed by atoms with Crippen LogP contribution < -0.4 is 0 Å². The van der Waals surface area contributed by atoms with Crippen molar-refractivity contribution in [3.8, 4) is 0 Å². The third kappa shape index (κ3) is 2.16. The topological polar surface area (TPSA) is 40.6 Å². The number of nitrogens with zero attached hydrogens (tertiary/aromatic N) is 2. The number of rotatable bonds is 2. The molecule has 1 atom stereocenters. The molecule has 5 rings (SSSR count). The number of carbonyl (C=O) groups excluding carboxylic acids is 2. The van der Waals surface area contributed by atoms with Gasteiger partial charge in [-0.1, -0.05) is 41.9 Å². The third-order valence-electron chi connectivity index (χ3n) is 5.37. The number of hydrogen-bond donors (Lipinski definition) is 0. The van der Waals surface area contributed by atoms with Gasteiger partial charge in [0, 0.05) is 40.2 Å². The molecule has 6 heteroatoms. The van der Waals surface area contributed by atoms with Gasteiger partial charge in [-0.15, -0.1) is 0 Å². The largest absolute Gasteiger partial charge is 0.306 e. The highest BCUT2D eigenvalue weighted by molar-refractivity contribution is 7.08. The average molecular weight is 395 g/mol. The molecular formula is C21H15ClN2O2S. The van der Waals surface area contributed by atoms with E-state index in [1.165, 1.54) is 11.3 Å². The molecule has 0 spiro atoms. The van der Waals surface area contributed by atoms with Gasteiger partial charge in [0.25, 0.3) is 11.8 Å². The van der Waals surface area contributed by atoms with Crippen LogP contribution in [-0.4, -0.2) is 34.7 Å². The van der Waals surface area contributed by atoms with E-state index >= 15 is 0 Å². The maximum atomic E-state index is 13.4. The van der Waals surface area contributed by atoms with Crippen LogP contribution in [0.15, 0.2) is 65.4 Å². The summed E-state index contributed by atoms with van der Waals surface area (Å²) in [6.07, 6.45) is 0. The minimum absolute atomic E-state index is 0.0406. The molecule has 0 radical (unpaired) electrons. The first-order chi connectivity index (χ1) is 13.1. The Bertz CT molecular complexity index is 1050. The van der Waals surface area contributed by atoms with Crippen molar-refractivity contribution in [2.45, 2.75) is 5.66 Å². The van der Waals surface area contributed by atoms with E-state index in [0.717, 1.165) is 11.1 Å². The summed E-state index contributed by atoms with van der Waals surface area (Å²) in [6, 6.07) is 16.8. The van der Waals surface area contributed by atoms with E-state index in [9.17, 15) is 9.59 Å². The van der Waals surface area contributed by atoms with Gasteiger partial charge in [-0.3, -0.25) is 9.59 Å². The lowest BCUT2D eigenvalue weighted by atomic mass is 9.89. The second kappa shape index (κ2) is 5.94. The van der Waals surface area contributed by atoms with Crippen molar-refractivity contribution in [1.29, 1.82) is 0 Å². The summed E-state index contributed by atoms with van der Waals surface area (Å²) in [4.78, 5) is 30.2. The zero-order chi connectivity index (χ0) is 18.6. The van der Waals surface area contributed by atoms with Crippen LogP contribution in [0.5, 0.6) is 0 Å². The van der Waals surface area contributed by atoms with Crippen molar-refractivity contribution in [2.24, 2.45) is 0 Å². The van der Waals surface area contributed by atoms with Crippen LogP contribution >= 0.6 is 22.9 Å². The Hall–Kier alpha value is -2.63. The molecule has 4 nitrogen and oxygen atoms in total. The van der Waals surface area contributed by atoms with Crippen molar-refractivity contribution >= 4 is 34.8 Å². The number of fused-ring (bicyclic) bond motifs is 3. The van der Waals surface area contributed by atoms with Crippen LogP contribution in [0.1, 0.15) is 31.8 Å². The fraction of sp³-hybridized carbons (Fsp3) is 0.143. The molecular weight excluding hydrogens is 380 g/mol. The first-order valence-corrected chi connectivity index (χ1v) is 9.98. The number of carbonyl (C=O) groups is 2. The smallest absolute Gasteiger partial charge is 0.257 e. The molecule has 0 bridgehead atoms. The van der Waals surface area contributed by atoms with Crippen LogP contribution in [0.4, 0.5) is 0 Å². The predicted molar refractivity (Wildman–Crippen MR) is 105 cm³/mol. The van der Waals surface area contributed by atoms with Gasteiger partial charge in [-0.25, -0.2) is 0 Å². The first-order valence-electron chi connectivity index (χ1n) is 8.65. The van der Waals surface area contributed by atoms with E-state index in [0.29, 0.717) is 29.2 Å². The Kier molecular flexibility index (Phi) is 3.64. The normalized spacial score (nSPS) is 20.7. The van der Waals surface area contributed by atoms with Gasteiger partial charge in [-0.05, 0) is 29.6 Å². The van der Waals surface area contributed by atoms with Gasteiger partial charge in [0.05, 0.1) is 5.56 Å². The molecule has 1 unspecified atom stereocenters. The van der Waals surface area contributed by atoms with Gasteiger partial charge in [-0.2, -0.15) is 11.3 Å². The maximum Gasteiger partial charge on any atom is 0.257 e. The zero-order valence-corrected chi connectivity index (χ0v) is 15.8. The standard InChI is InChI=1S/C21H15ClN2O2S/c22-16-7-5-15(6-8-16)21-18-4-2-1-3-17(18)20(26)24(21)11-10-23(21)19(25)14-9-12-27-13-14/h1-9,12-13H,10-11H2. The SMILES string of the molecule is O=C(c1ccsc1)N1CCN2C(=O)c3ccccc3C12c1ccc(Cl)cc1. The molecule has 0 aliphatic carbocycles. The highest BCUT2D eigenvalue weighted by atomic mass is 35.5. The summed E-state index contributed by atoms with van der Waals surface area (Å²) >= 11 is 7.60. The average Bonchev–Trinajstić information content (AvgIpc) is 3.40. The number of hydrogen-bond acceptors (Lipinski definition) is 3. The van der Waals surface area contributed by atoms with Crippen LogP contribution in [0.3, 0.4) is 0 Å². The fourth-order valence-corrected chi connectivity index (χ4v) is 5.02. The van der Waals surface area contributed by atoms with Gasteiger partial charge in [0.15, 0.2) is 5.66 Å². The van der Waals surface area contributed by atoms with Crippen LogP contribution in [-0.2, 0) is 5.66 Å². The zero-order valence-electron chi connectivity index (χ0n) is 14.3. The second-order valence-electron chi connectivity index (χ2n) is 6.65. The second-order valence-corrected chi connectivity index (χ2v) is 7.87. The van der Waals surface area contributed by atoms with Gasteiger partial charge < -0.3 is 9.80 Å². The monoisotopic (exact) mass is 394 g/mol.